The molecule has 1 fully saturated rings. The summed E-state index contributed by atoms with van der Waals surface area (Å²) in [6.45, 7) is 1.78. The number of amidine groups is 2. The van der Waals surface area contributed by atoms with E-state index in [0.717, 1.165) is 36.3 Å². The molecule has 1 amide bonds. The molecular weight excluding hydrogens is 216 g/mol. The summed E-state index contributed by atoms with van der Waals surface area (Å²) in [6, 6.07) is 0. The number of aliphatic imine (C=N–C) groups is 1. The molecule has 6 nitrogen and oxygen atoms in total. The summed E-state index contributed by atoms with van der Waals surface area (Å²) in [4.78, 5) is 21.8. The topological polar surface area (TPSA) is 66.3 Å². The van der Waals surface area contributed by atoms with Gasteiger partial charge in [0.2, 0.25) is 0 Å². The Balaban J connectivity index is 2.02. The molecule has 0 unspecified atom stereocenters. The predicted octanol–water partition coefficient (Wildman–Crippen LogP) is 0.464. The Morgan fingerprint density at radius 1 is 1.73 bits per heavy atom. The molecule has 1 N–H and O–H groups in total. The number of fused-ring (bicyclic) bond motifs is 1. The molecule has 2 heterocycles. The molecule has 0 atom stereocenters. The van der Waals surface area contributed by atoms with Crippen LogP contribution in [0.3, 0.4) is 0 Å². The summed E-state index contributed by atoms with van der Waals surface area (Å²) in [5.41, 5.74) is 0. The Hall–Kier alpha value is -1.24. The first-order valence-electron chi connectivity index (χ1n) is 4.71. The monoisotopic (exact) mass is 228 g/mol. The third-order valence-electron chi connectivity index (χ3n) is 2.10. The lowest BCUT2D eigenvalue weighted by molar-refractivity contribution is 0.151. The number of nitrogens with zero attached hydrogens (tertiary/aromatic N) is 3. The van der Waals surface area contributed by atoms with Crippen molar-refractivity contribution in [3.8, 4) is 0 Å². The molecule has 0 bridgehead atoms. The van der Waals surface area contributed by atoms with Crippen LogP contribution in [0.15, 0.2) is 10.1 Å². The molecule has 0 spiro atoms. The smallest absolute Gasteiger partial charge is 0.323 e. The SMILES string of the molecule is CNC(=O)ON=C1CSC2=NCCCN12. The molecule has 0 saturated carbocycles. The third-order valence-corrected chi connectivity index (χ3v) is 3.11. The van der Waals surface area contributed by atoms with Gasteiger partial charge in [0.15, 0.2) is 11.0 Å². The van der Waals surface area contributed by atoms with Crippen LogP contribution in [0.5, 0.6) is 0 Å². The first kappa shape index (κ1) is 10.3. The van der Waals surface area contributed by atoms with Crippen LogP contribution >= 0.6 is 11.8 Å². The highest BCUT2D eigenvalue weighted by molar-refractivity contribution is 8.15. The molecular formula is C8H12N4O2S. The third kappa shape index (κ3) is 2.23. The zero-order valence-electron chi connectivity index (χ0n) is 8.39. The van der Waals surface area contributed by atoms with Gasteiger partial charge in [0.1, 0.15) is 0 Å². The van der Waals surface area contributed by atoms with E-state index < -0.39 is 6.09 Å². The van der Waals surface area contributed by atoms with Crippen molar-refractivity contribution in [2.75, 3.05) is 25.9 Å². The van der Waals surface area contributed by atoms with E-state index in [9.17, 15) is 4.79 Å². The van der Waals surface area contributed by atoms with Crippen molar-refractivity contribution >= 4 is 28.9 Å². The number of carbonyl (C=O) groups excluding carboxylic acids is 1. The van der Waals surface area contributed by atoms with Crippen molar-refractivity contribution in [2.45, 2.75) is 6.42 Å². The lowest BCUT2D eigenvalue weighted by Gasteiger charge is -2.21. The van der Waals surface area contributed by atoms with Crippen LogP contribution in [0.2, 0.25) is 0 Å². The molecule has 0 aromatic carbocycles. The fourth-order valence-corrected chi connectivity index (χ4v) is 2.37. The van der Waals surface area contributed by atoms with Gasteiger partial charge in [0.25, 0.3) is 0 Å². The summed E-state index contributed by atoms with van der Waals surface area (Å²) in [5, 5.41) is 7.13. The van der Waals surface area contributed by atoms with Crippen LogP contribution in [0.4, 0.5) is 4.79 Å². The number of carbonyl (C=O) groups is 1. The van der Waals surface area contributed by atoms with E-state index in [4.69, 9.17) is 0 Å². The summed E-state index contributed by atoms with van der Waals surface area (Å²) in [6.07, 6.45) is 0.471. The van der Waals surface area contributed by atoms with Crippen LogP contribution in [0.1, 0.15) is 6.42 Å². The van der Waals surface area contributed by atoms with E-state index in [0.29, 0.717) is 0 Å². The number of rotatable bonds is 1. The average molecular weight is 228 g/mol. The van der Waals surface area contributed by atoms with Gasteiger partial charge in [-0.25, -0.2) is 4.79 Å². The van der Waals surface area contributed by atoms with Gasteiger partial charge in [-0.2, -0.15) is 0 Å². The maximum absolute atomic E-state index is 10.8. The van der Waals surface area contributed by atoms with Crippen molar-refractivity contribution in [3.05, 3.63) is 0 Å². The molecule has 0 radical (unpaired) electrons. The highest BCUT2D eigenvalue weighted by Crippen LogP contribution is 2.23. The van der Waals surface area contributed by atoms with Crippen molar-refractivity contribution in [2.24, 2.45) is 10.1 Å². The molecule has 2 aliphatic rings. The molecule has 2 aliphatic heterocycles. The largest absolute Gasteiger partial charge is 0.433 e. The van der Waals surface area contributed by atoms with E-state index in [1.165, 1.54) is 7.05 Å². The average Bonchev–Trinajstić information content (AvgIpc) is 2.69. The summed E-state index contributed by atoms with van der Waals surface area (Å²) < 4.78 is 0. The Morgan fingerprint density at radius 3 is 3.40 bits per heavy atom. The quantitative estimate of drug-likeness (QED) is 0.523. The standard InChI is InChI=1S/C8H12N4O2S/c1-9-8(13)14-11-6-5-15-7-10-3-2-4-12(6)7/h2-5H2,1H3,(H,9,13). The van der Waals surface area contributed by atoms with Gasteiger partial charge in [-0.15, -0.1) is 0 Å². The van der Waals surface area contributed by atoms with Gasteiger partial charge >= 0.3 is 6.09 Å². The minimum Gasteiger partial charge on any atom is -0.323 e. The number of oxime groups is 1. The van der Waals surface area contributed by atoms with E-state index in [1.807, 2.05) is 4.90 Å². The van der Waals surface area contributed by atoms with Gasteiger partial charge in [0, 0.05) is 20.1 Å². The van der Waals surface area contributed by atoms with Crippen LogP contribution in [-0.4, -0.2) is 47.9 Å². The molecule has 0 aliphatic carbocycles. The van der Waals surface area contributed by atoms with E-state index in [1.54, 1.807) is 11.8 Å². The molecule has 2 rings (SSSR count). The Kier molecular flexibility index (Phi) is 3.10. The maximum atomic E-state index is 10.8. The highest BCUT2D eigenvalue weighted by Gasteiger charge is 2.28. The summed E-state index contributed by atoms with van der Waals surface area (Å²) in [7, 11) is 1.50. The number of amides is 1. The number of thioether (sulfide) groups is 1. The minimum atomic E-state index is -0.546. The molecule has 82 valence electrons. The zero-order valence-corrected chi connectivity index (χ0v) is 9.21. The summed E-state index contributed by atoms with van der Waals surface area (Å²) in [5.74, 6) is 1.48. The lowest BCUT2D eigenvalue weighted by atomic mass is 10.3. The molecule has 0 aromatic rings. The van der Waals surface area contributed by atoms with Crippen molar-refractivity contribution in [3.63, 3.8) is 0 Å². The Bertz CT molecular complexity index is 329. The van der Waals surface area contributed by atoms with Crippen LogP contribution in [0, 0.1) is 0 Å². The van der Waals surface area contributed by atoms with Crippen molar-refractivity contribution in [1.82, 2.24) is 10.2 Å². The fourth-order valence-electron chi connectivity index (χ4n) is 1.37. The second-order valence-electron chi connectivity index (χ2n) is 3.09. The van der Waals surface area contributed by atoms with E-state index in [2.05, 4.69) is 20.3 Å². The van der Waals surface area contributed by atoms with Crippen LogP contribution < -0.4 is 5.32 Å². The molecule has 1 saturated heterocycles. The Labute approximate surface area is 91.7 Å². The summed E-state index contributed by atoms with van der Waals surface area (Å²) >= 11 is 1.63. The maximum Gasteiger partial charge on any atom is 0.433 e. The van der Waals surface area contributed by atoms with Gasteiger partial charge in [0.05, 0.1) is 5.75 Å². The molecule has 0 aromatic heterocycles. The fraction of sp³-hybridized carbons (Fsp3) is 0.625. The lowest BCUT2D eigenvalue weighted by Crippen LogP contribution is -2.34. The van der Waals surface area contributed by atoms with Crippen molar-refractivity contribution in [1.29, 1.82) is 0 Å². The first-order valence-corrected chi connectivity index (χ1v) is 5.70. The van der Waals surface area contributed by atoms with E-state index >= 15 is 0 Å². The zero-order chi connectivity index (χ0) is 10.7. The number of hydrogen-bond donors (Lipinski definition) is 1. The number of nitrogens with one attached hydrogen (secondary N) is 1. The second-order valence-corrected chi connectivity index (χ2v) is 4.04. The Morgan fingerprint density at radius 2 is 2.60 bits per heavy atom. The van der Waals surface area contributed by atoms with Gasteiger partial charge in [-0.1, -0.05) is 16.9 Å². The highest BCUT2D eigenvalue weighted by atomic mass is 32.2. The van der Waals surface area contributed by atoms with Crippen LogP contribution in [-0.2, 0) is 4.84 Å². The van der Waals surface area contributed by atoms with Crippen LogP contribution in [0.25, 0.3) is 0 Å². The van der Waals surface area contributed by atoms with Gasteiger partial charge < -0.3 is 10.2 Å². The normalized spacial score (nSPS) is 22.3. The first-order chi connectivity index (χ1) is 7.31. The molecule has 15 heavy (non-hydrogen) atoms. The minimum absolute atomic E-state index is 0.546. The predicted molar refractivity (Wildman–Crippen MR) is 59.1 cm³/mol. The van der Waals surface area contributed by atoms with Gasteiger partial charge in [-0.3, -0.25) is 9.83 Å². The molecule has 7 heteroatoms. The van der Waals surface area contributed by atoms with Gasteiger partial charge in [-0.05, 0) is 6.42 Å². The van der Waals surface area contributed by atoms with Crippen molar-refractivity contribution < 1.29 is 9.63 Å². The van der Waals surface area contributed by atoms with E-state index in [-0.39, 0.29) is 0 Å². The number of hydrogen-bond acceptors (Lipinski definition) is 5. The second kappa shape index (κ2) is 4.52.